The molecule has 0 aromatic heterocycles. The number of hydrogen-bond donors (Lipinski definition) is 0. The highest BCUT2D eigenvalue weighted by Crippen LogP contribution is 2.21. The van der Waals surface area contributed by atoms with Gasteiger partial charge in [-0.1, -0.05) is 25.3 Å². The van der Waals surface area contributed by atoms with E-state index in [1.54, 1.807) is 0 Å². The van der Waals surface area contributed by atoms with Gasteiger partial charge in [-0.2, -0.15) is 0 Å². The van der Waals surface area contributed by atoms with E-state index >= 15 is 0 Å². The van der Waals surface area contributed by atoms with Crippen LogP contribution in [0.1, 0.15) is 12.8 Å². The van der Waals surface area contributed by atoms with Crippen molar-refractivity contribution in [1.82, 2.24) is 0 Å². The van der Waals surface area contributed by atoms with E-state index in [9.17, 15) is 9.59 Å². The third-order valence-electron chi connectivity index (χ3n) is 2.23. The Morgan fingerprint density at radius 2 is 1.47 bits per heavy atom. The Labute approximate surface area is 100 Å². The van der Waals surface area contributed by atoms with Gasteiger partial charge in [-0.05, 0) is 12.8 Å². The SMILES string of the molecule is C=CCOC(=O)C1CCC(C(=O)OCC=C)O1. The molecular formula is C12H16O5. The second-order valence-electron chi connectivity index (χ2n) is 3.53. The minimum atomic E-state index is -0.684. The molecule has 0 saturated carbocycles. The van der Waals surface area contributed by atoms with Crippen LogP contribution < -0.4 is 0 Å². The van der Waals surface area contributed by atoms with E-state index < -0.39 is 24.1 Å². The van der Waals surface area contributed by atoms with E-state index in [0.29, 0.717) is 12.8 Å². The van der Waals surface area contributed by atoms with Crippen molar-refractivity contribution >= 4 is 11.9 Å². The highest BCUT2D eigenvalue weighted by atomic mass is 16.6. The summed E-state index contributed by atoms with van der Waals surface area (Å²) in [6, 6.07) is 0. The molecule has 1 heterocycles. The largest absolute Gasteiger partial charge is 0.460 e. The van der Waals surface area contributed by atoms with Crippen molar-refractivity contribution in [3.05, 3.63) is 25.3 Å². The third-order valence-corrected chi connectivity index (χ3v) is 2.23. The summed E-state index contributed by atoms with van der Waals surface area (Å²) in [5.41, 5.74) is 0. The van der Waals surface area contributed by atoms with Gasteiger partial charge in [0.25, 0.3) is 0 Å². The zero-order chi connectivity index (χ0) is 12.7. The van der Waals surface area contributed by atoms with Crippen molar-refractivity contribution in [2.24, 2.45) is 0 Å². The van der Waals surface area contributed by atoms with Crippen molar-refractivity contribution in [1.29, 1.82) is 0 Å². The molecule has 94 valence electrons. The first-order chi connectivity index (χ1) is 8.19. The first-order valence-corrected chi connectivity index (χ1v) is 5.39. The van der Waals surface area contributed by atoms with Gasteiger partial charge in [-0.25, -0.2) is 9.59 Å². The molecule has 0 N–H and O–H groups in total. The van der Waals surface area contributed by atoms with Crippen LogP contribution in [0.2, 0.25) is 0 Å². The maximum Gasteiger partial charge on any atom is 0.335 e. The number of esters is 2. The first kappa shape index (κ1) is 13.4. The maximum atomic E-state index is 11.4. The fourth-order valence-electron chi connectivity index (χ4n) is 1.45. The van der Waals surface area contributed by atoms with E-state index in [-0.39, 0.29) is 13.2 Å². The van der Waals surface area contributed by atoms with Gasteiger partial charge in [-0.3, -0.25) is 0 Å². The van der Waals surface area contributed by atoms with Crippen molar-refractivity contribution < 1.29 is 23.8 Å². The lowest BCUT2D eigenvalue weighted by atomic mass is 10.2. The summed E-state index contributed by atoms with van der Waals surface area (Å²) in [4.78, 5) is 22.8. The molecule has 0 aliphatic carbocycles. The second kappa shape index (κ2) is 6.85. The third kappa shape index (κ3) is 4.03. The summed E-state index contributed by atoms with van der Waals surface area (Å²) in [6.07, 6.45) is 2.51. The number of carbonyl (C=O) groups is 2. The lowest BCUT2D eigenvalue weighted by Gasteiger charge is -2.11. The van der Waals surface area contributed by atoms with Crippen LogP contribution in [-0.2, 0) is 23.8 Å². The Bertz CT molecular complexity index is 280. The van der Waals surface area contributed by atoms with Gasteiger partial charge >= 0.3 is 11.9 Å². The van der Waals surface area contributed by atoms with Gasteiger partial charge in [0, 0.05) is 0 Å². The van der Waals surface area contributed by atoms with Gasteiger partial charge < -0.3 is 14.2 Å². The number of hydrogen-bond acceptors (Lipinski definition) is 5. The van der Waals surface area contributed by atoms with E-state index in [0.717, 1.165) is 0 Å². The van der Waals surface area contributed by atoms with Crippen LogP contribution in [0.3, 0.4) is 0 Å². The smallest absolute Gasteiger partial charge is 0.335 e. The molecule has 0 aromatic rings. The van der Waals surface area contributed by atoms with Crippen molar-refractivity contribution in [3.63, 3.8) is 0 Å². The van der Waals surface area contributed by atoms with Crippen LogP contribution in [0.4, 0.5) is 0 Å². The summed E-state index contributed by atoms with van der Waals surface area (Å²) in [5, 5.41) is 0. The Kier molecular flexibility index (Phi) is 5.42. The highest BCUT2D eigenvalue weighted by Gasteiger charge is 2.36. The Balaban J connectivity index is 2.35. The highest BCUT2D eigenvalue weighted by molar-refractivity contribution is 5.79. The second-order valence-corrected chi connectivity index (χ2v) is 3.53. The molecule has 1 saturated heterocycles. The van der Waals surface area contributed by atoms with Crippen LogP contribution in [0.5, 0.6) is 0 Å². The van der Waals surface area contributed by atoms with E-state index in [2.05, 4.69) is 13.2 Å². The van der Waals surface area contributed by atoms with Crippen molar-refractivity contribution in [3.8, 4) is 0 Å². The molecule has 1 aliphatic rings. The zero-order valence-corrected chi connectivity index (χ0v) is 9.59. The fourth-order valence-corrected chi connectivity index (χ4v) is 1.45. The average molecular weight is 240 g/mol. The van der Waals surface area contributed by atoms with Crippen molar-refractivity contribution in [2.45, 2.75) is 25.0 Å². The molecule has 0 aromatic carbocycles. The molecule has 0 amide bonds. The Hall–Kier alpha value is -1.62. The molecule has 17 heavy (non-hydrogen) atoms. The van der Waals surface area contributed by atoms with E-state index in [1.165, 1.54) is 12.2 Å². The quantitative estimate of drug-likeness (QED) is 0.512. The Morgan fingerprint density at radius 3 is 1.82 bits per heavy atom. The van der Waals surface area contributed by atoms with Gasteiger partial charge in [-0.15, -0.1) is 0 Å². The van der Waals surface area contributed by atoms with Gasteiger partial charge in [0.05, 0.1) is 0 Å². The van der Waals surface area contributed by atoms with Crippen LogP contribution in [0.25, 0.3) is 0 Å². The summed E-state index contributed by atoms with van der Waals surface area (Å²) < 4.78 is 14.9. The molecule has 1 fully saturated rings. The molecule has 1 aliphatic heterocycles. The Morgan fingerprint density at radius 1 is 1.06 bits per heavy atom. The summed E-state index contributed by atoms with van der Waals surface area (Å²) >= 11 is 0. The van der Waals surface area contributed by atoms with Crippen LogP contribution in [0.15, 0.2) is 25.3 Å². The van der Waals surface area contributed by atoms with E-state index in [4.69, 9.17) is 14.2 Å². The molecule has 5 heteroatoms. The average Bonchev–Trinajstić information content (AvgIpc) is 2.82. The maximum absolute atomic E-state index is 11.4. The molecule has 0 spiro atoms. The van der Waals surface area contributed by atoms with Gasteiger partial charge in [0.2, 0.25) is 0 Å². The summed E-state index contributed by atoms with van der Waals surface area (Å²) in [7, 11) is 0. The van der Waals surface area contributed by atoms with Gasteiger partial charge in [0.1, 0.15) is 13.2 Å². The molecule has 1 rings (SSSR count). The van der Waals surface area contributed by atoms with Crippen molar-refractivity contribution in [2.75, 3.05) is 13.2 Å². The van der Waals surface area contributed by atoms with E-state index in [1.807, 2.05) is 0 Å². The summed E-state index contributed by atoms with van der Waals surface area (Å²) in [5.74, 6) is -0.937. The van der Waals surface area contributed by atoms with Gasteiger partial charge in [0.15, 0.2) is 12.2 Å². The molecule has 0 radical (unpaired) electrons. The predicted octanol–water partition coefficient (Wildman–Crippen LogP) is 0.992. The zero-order valence-electron chi connectivity index (χ0n) is 9.59. The topological polar surface area (TPSA) is 61.8 Å². The predicted molar refractivity (Wildman–Crippen MR) is 60.2 cm³/mol. The number of ether oxygens (including phenoxy) is 3. The molecule has 5 nitrogen and oxygen atoms in total. The van der Waals surface area contributed by atoms with Crippen LogP contribution >= 0.6 is 0 Å². The first-order valence-electron chi connectivity index (χ1n) is 5.39. The normalized spacial score (nSPS) is 22.8. The number of rotatable bonds is 6. The monoisotopic (exact) mass is 240 g/mol. The van der Waals surface area contributed by atoms with Crippen LogP contribution in [-0.4, -0.2) is 37.4 Å². The standard InChI is InChI=1S/C12H16O5/c1-3-7-15-11(13)9-5-6-10(17-9)12(14)16-8-4-2/h3-4,9-10H,1-2,5-8H2. The van der Waals surface area contributed by atoms with Crippen LogP contribution in [0, 0.1) is 0 Å². The molecular weight excluding hydrogens is 224 g/mol. The minimum Gasteiger partial charge on any atom is -0.460 e. The number of carbonyl (C=O) groups excluding carboxylic acids is 2. The molecule has 0 bridgehead atoms. The minimum absolute atomic E-state index is 0.143. The summed E-state index contributed by atoms with van der Waals surface area (Å²) in [6.45, 7) is 7.16. The molecule has 2 atom stereocenters. The lowest BCUT2D eigenvalue weighted by molar-refractivity contribution is -0.163. The molecule has 2 unspecified atom stereocenters. The lowest BCUT2D eigenvalue weighted by Crippen LogP contribution is -2.28. The fraction of sp³-hybridized carbons (Fsp3) is 0.500.